The first-order valence-corrected chi connectivity index (χ1v) is 5.09. The quantitative estimate of drug-likeness (QED) is 0.855. The summed E-state index contributed by atoms with van der Waals surface area (Å²) >= 11 is 3.15. The van der Waals surface area contributed by atoms with Crippen molar-refractivity contribution >= 4 is 21.8 Å². The number of carbonyl (C=O) groups excluding carboxylic acids is 1. The third kappa shape index (κ3) is 2.73. The van der Waals surface area contributed by atoms with Crippen LogP contribution in [0.25, 0.3) is 0 Å². The maximum absolute atomic E-state index is 11.5. The highest BCUT2D eigenvalue weighted by molar-refractivity contribution is 9.10. The molecule has 4 heteroatoms. The van der Waals surface area contributed by atoms with Gasteiger partial charge in [-0.1, -0.05) is 0 Å². The van der Waals surface area contributed by atoms with Crippen LogP contribution in [-0.4, -0.2) is 17.1 Å². The van der Waals surface area contributed by atoms with Gasteiger partial charge in [-0.2, -0.15) is 0 Å². The normalized spacial score (nSPS) is 10.3. The molecule has 0 heterocycles. The van der Waals surface area contributed by atoms with Gasteiger partial charge in [0.25, 0.3) is 5.91 Å². The van der Waals surface area contributed by atoms with E-state index >= 15 is 0 Å². The van der Waals surface area contributed by atoms with Gasteiger partial charge in [0.15, 0.2) is 0 Å². The molecule has 0 atom stereocenters. The number of amides is 1. The van der Waals surface area contributed by atoms with E-state index in [2.05, 4.69) is 21.2 Å². The number of phenols is 1. The fourth-order valence-electron chi connectivity index (χ4n) is 0.999. The van der Waals surface area contributed by atoms with E-state index in [0.29, 0.717) is 10.0 Å². The van der Waals surface area contributed by atoms with Crippen LogP contribution in [0.2, 0.25) is 0 Å². The summed E-state index contributed by atoms with van der Waals surface area (Å²) in [5.74, 6) is -0.107. The van der Waals surface area contributed by atoms with Crippen molar-refractivity contribution in [1.29, 1.82) is 0 Å². The fourth-order valence-corrected chi connectivity index (χ4v) is 1.25. The topological polar surface area (TPSA) is 49.3 Å². The molecule has 1 amide bonds. The van der Waals surface area contributed by atoms with Crippen LogP contribution in [0, 0.1) is 0 Å². The Morgan fingerprint density at radius 2 is 2.14 bits per heavy atom. The van der Waals surface area contributed by atoms with E-state index in [1.807, 2.05) is 13.8 Å². The van der Waals surface area contributed by atoms with Crippen molar-refractivity contribution in [1.82, 2.24) is 5.32 Å². The predicted molar refractivity (Wildman–Crippen MR) is 58.4 cm³/mol. The fraction of sp³-hybridized carbons (Fsp3) is 0.300. The molecule has 0 saturated heterocycles. The molecule has 14 heavy (non-hydrogen) atoms. The van der Waals surface area contributed by atoms with Crippen LogP contribution in [0.3, 0.4) is 0 Å². The van der Waals surface area contributed by atoms with Gasteiger partial charge in [-0.3, -0.25) is 4.79 Å². The predicted octanol–water partition coefficient (Wildman–Crippen LogP) is 2.29. The summed E-state index contributed by atoms with van der Waals surface area (Å²) in [5, 5.41) is 12.1. The Morgan fingerprint density at radius 3 is 2.64 bits per heavy atom. The van der Waals surface area contributed by atoms with Gasteiger partial charge in [-0.05, 0) is 48.0 Å². The van der Waals surface area contributed by atoms with E-state index < -0.39 is 0 Å². The molecule has 2 N–H and O–H groups in total. The number of hydrogen-bond donors (Lipinski definition) is 2. The molecule has 0 radical (unpaired) electrons. The number of phenolic OH excluding ortho intramolecular Hbond substituents is 1. The SMILES string of the molecule is CC(C)NC(=O)c1ccc(Br)c(O)c1. The first-order valence-electron chi connectivity index (χ1n) is 4.30. The second-order valence-corrected chi connectivity index (χ2v) is 4.15. The zero-order valence-corrected chi connectivity index (χ0v) is 9.63. The molecule has 0 aromatic heterocycles. The highest BCUT2D eigenvalue weighted by Gasteiger charge is 2.08. The van der Waals surface area contributed by atoms with Crippen LogP contribution in [0.5, 0.6) is 5.75 Å². The van der Waals surface area contributed by atoms with Gasteiger partial charge in [0.05, 0.1) is 4.47 Å². The molecule has 0 unspecified atom stereocenters. The Morgan fingerprint density at radius 1 is 1.50 bits per heavy atom. The number of carbonyl (C=O) groups is 1. The molecule has 0 aliphatic carbocycles. The van der Waals surface area contributed by atoms with Gasteiger partial charge in [-0.15, -0.1) is 0 Å². The Hall–Kier alpha value is -1.03. The lowest BCUT2D eigenvalue weighted by Gasteiger charge is -2.08. The van der Waals surface area contributed by atoms with Gasteiger partial charge in [0, 0.05) is 11.6 Å². The third-order valence-corrected chi connectivity index (χ3v) is 2.30. The minimum atomic E-state index is -0.178. The van der Waals surface area contributed by atoms with Crippen molar-refractivity contribution < 1.29 is 9.90 Å². The van der Waals surface area contributed by atoms with Gasteiger partial charge in [-0.25, -0.2) is 0 Å². The number of benzene rings is 1. The second-order valence-electron chi connectivity index (χ2n) is 3.29. The summed E-state index contributed by atoms with van der Waals surface area (Å²) in [6.07, 6.45) is 0. The van der Waals surface area contributed by atoms with E-state index in [0.717, 1.165) is 0 Å². The standard InChI is InChI=1S/C10H12BrNO2/c1-6(2)12-10(14)7-3-4-8(11)9(13)5-7/h3-6,13H,1-2H3,(H,12,14). The number of hydrogen-bond acceptors (Lipinski definition) is 2. The van der Waals surface area contributed by atoms with Gasteiger partial charge >= 0.3 is 0 Å². The number of aromatic hydroxyl groups is 1. The van der Waals surface area contributed by atoms with Crippen LogP contribution in [0.1, 0.15) is 24.2 Å². The monoisotopic (exact) mass is 257 g/mol. The minimum absolute atomic E-state index is 0.0707. The maximum Gasteiger partial charge on any atom is 0.251 e. The van der Waals surface area contributed by atoms with E-state index in [9.17, 15) is 9.90 Å². The van der Waals surface area contributed by atoms with E-state index in [-0.39, 0.29) is 17.7 Å². The average Bonchev–Trinajstić information content (AvgIpc) is 2.08. The highest BCUT2D eigenvalue weighted by atomic mass is 79.9. The van der Waals surface area contributed by atoms with Crippen LogP contribution in [-0.2, 0) is 0 Å². The van der Waals surface area contributed by atoms with Crippen LogP contribution in [0.15, 0.2) is 22.7 Å². The molecular weight excluding hydrogens is 246 g/mol. The van der Waals surface area contributed by atoms with Gasteiger partial charge < -0.3 is 10.4 Å². The van der Waals surface area contributed by atoms with E-state index in [4.69, 9.17) is 0 Å². The van der Waals surface area contributed by atoms with Crippen molar-refractivity contribution in [2.45, 2.75) is 19.9 Å². The molecule has 0 aliphatic heterocycles. The zero-order chi connectivity index (χ0) is 10.7. The average molecular weight is 258 g/mol. The lowest BCUT2D eigenvalue weighted by atomic mass is 10.2. The van der Waals surface area contributed by atoms with E-state index in [1.165, 1.54) is 6.07 Å². The summed E-state index contributed by atoms with van der Waals surface area (Å²) in [4.78, 5) is 11.5. The lowest BCUT2D eigenvalue weighted by molar-refractivity contribution is 0.0942. The highest BCUT2D eigenvalue weighted by Crippen LogP contribution is 2.24. The molecule has 1 rings (SSSR count). The Balaban J connectivity index is 2.86. The summed E-state index contributed by atoms with van der Waals surface area (Å²) < 4.78 is 0.582. The molecular formula is C10H12BrNO2. The zero-order valence-electron chi connectivity index (χ0n) is 8.04. The Bertz CT molecular complexity index is 350. The number of halogens is 1. The first-order chi connectivity index (χ1) is 6.50. The van der Waals surface area contributed by atoms with Gasteiger partial charge in [0.2, 0.25) is 0 Å². The molecule has 0 aliphatic rings. The molecule has 1 aromatic carbocycles. The summed E-state index contributed by atoms with van der Waals surface area (Å²) in [6.45, 7) is 3.77. The number of nitrogens with one attached hydrogen (secondary N) is 1. The van der Waals surface area contributed by atoms with Crippen molar-refractivity contribution in [2.24, 2.45) is 0 Å². The molecule has 0 bridgehead atoms. The summed E-state index contributed by atoms with van der Waals surface area (Å²) in [7, 11) is 0. The molecule has 0 saturated carbocycles. The molecule has 0 spiro atoms. The van der Waals surface area contributed by atoms with Crippen molar-refractivity contribution in [3.05, 3.63) is 28.2 Å². The van der Waals surface area contributed by atoms with E-state index in [1.54, 1.807) is 12.1 Å². The molecule has 3 nitrogen and oxygen atoms in total. The molecule has 1 aromatic rings. The van der Waals surface area contributed by atoms with Crippen molar-refractivity contribution in [3.63, 3.8) is 0 Å². The van der Waals surface area contributed by atoms with Crippen LogP contribution in [0.4, 0.5) is 0 Å². The Kier molecular flexibility index (Phi) is 3.52. The lowest BCUT2D eigenvalue weighted by Crippen LogP contribution is -2.29. The molecule has 0 fully saturated rings. The van der Waals surface area contributed by atoms with Crippen LogP contribution < -0.4 is 5.32 Å². The smallest absolute Gasteiger partial charge is 0.251 e. The first kappa shape index (κ1) is 11.0. The van der Waals surface area contributed by atoms with Crippen molar-refractivity contribution in [3.8, 4) is 5.75 Å². The second kappa shape index (κ2) is 4.46. The summed E-state index contributed by atoms with van der Waals surface area (Å²) in [5.41, 5.74) is 0.458. The largest absolute Gasteiger partial charge is 0.507 e. The maximum atomic E-state index is 11.5. The van der Waals surface area contributed by atoms with Crippen LogP contribution >= 0.6 is 15.9 Å². The minimum Gasteiger partial charge on any atom is -0.507 e. The molecule has 76 valence electrons. The van der Waals surface area contributed by atoms with Crippen molar-refractivity contribution in [2.75, 3.05) is 0 Å². The van der Waals surface area contributed by atoms with Gasteiger partial charge in [0.1, 0.15) is 5.75 Å². The third-order valence-electron chi connectivity index (χ3n) is 1.63. The Labute approximate surface area is 91.3 Å². The number of rotatable bonds is 2. The summed E-state index contributed by atoms with van der Waals surface area (Å²) in [6, 6.07) is 4.82.